The highest BCUT2D eigenvalue weighted by atomic mass is 127. The van der Waals surface area contributed by atoms with E-state index in [0.717, 1.165) is 11.3 Å². The van der Waals surface area contributed by atoms with Crippen LogP contribution < -0.4 is 10.6 Å². The van der Waals surface area contributed by atoms with Gasteiger partial charge >= 0.3 is 5.97 Å². The molecule has 1 heterocycles. The molecule has 1 aromatic carbocycles. The van der Waals surface area contributed by atoms with Crippen LogP contribution in [-0.2, 0) is 22.5 Å². The van der Waals surface area contributed by atoms with Crippen LogP contribution in [0.4, 0.5) is 0 Å². The van der Waals surface area contributed by atoms with E-state index in [1.807, 2.05) is 24.3 Å². The molecule has 0 atom stereocenters. The van der Waals surface area contributed by atoms with E-state index < -0.39 is 0 Å². The molecule has 0 spiro atoms. The number of carbonyl (C=O) groups is 2. The Hall–Kier alpha value is -2.56. The fourth-order valence-corrected chi connectivity index (χ4v) is 2.29. The molecule has 158 valence electrons. The van der Waals surface area contributed by atoms with Crippen molar-refractivity contribution in [2.75, 3.05) is 34.3 Å². The van der Waals surface area contributed by atoms with E-state index in [2.05, 4.69) is 15.6 Å². The van der Waals surface area contributed by atoms with Crippen LogP contribution >= 0.6 is 24.0 Å². The van der Waals surface area contributed by atoms with E-state index in [9.17, 15) is 9.59 Å². The third-order valence-electron chi connectivity index (χ3n) is 3.94. The monoisotopic (exact) mass is 514 g/mol. The summed E-state index contributed by atoms with van der Waals surface area (Å²) in [6.07, 6.45) is 2.33. The lowest BCUT2D eigenvalue weighted by Gasteiger charge is -2.14. The smallest absolute Gasteiger partial charge is 0.337 e. The maximum Gasteiger partial charge on any atom is 0.337 e. The summed E-state index contributed by atoms with van der Waals surface area (Å²) in [5, 5.41) is 6.23. The van der Waals surface area contributed by atoms with Crippen LogP contribution in [-0.4, -0.2) is 57.0 Å². The first kappa shape index (κ1) is 24.5. The van der Waals surface area contributed by atoms with Crippen LogP contribution in [0.2, 0.25) is 0 Å². The molecule has 1 aromatic heterocycles. The van der Waals surface area contributed by atoms with Gasteiger partial charge in [0, 0.05) is 27.1 Å². The normalized spacial score (nSPS) is 10.7. The summed E-state index contributed by atoms with van der Waals surface area (Å²) in [4.78, 5) is 29.4. The van der Waals surface area contributed by atoms with Gasteiger partial charge in [0.25, 0.3) is 0 Å². The Labute approximate surface area is 187 Å². The highest BCUT2D eigenvalue weighted by Gasteiger charge is 2.07. The molecule has 9 heteroatoms. The van der Waals surface area contributed by atoms with Gasteiger partial charge in [-0.15, -0.1) is 24.0 Å². The van der Waals surface area contributed by atoms with Gasteiger partial charge in [-0.2, -0.15) is 0 Å². The first-order chi connectivity index (χ1) is 13.5. The van der Waals surface area contributed by atoms with Crippen molar-refractivity contribution in [2.45, 2.75) is 13.0 Å². The zero-order valence-electron chi connectivity index (χ0n) is 16.8. The number of halogens is 1. The standard InChI is InChI=1S/C20H26N4O4.HI/c1-24(2)18(25)14-23-20(21-11-10-17-5-4-12-28-17)22-13-15-6-8-16(9-7-15)19(26)27-3;/h4-9,12H,10-11,13-14H2,1-3H3,(H2,21,22,23);1H. The summed E-state index contributed by atoms with van der Waals surface area (Å²) in [5.74, 6) is 0.968. The molecule has 0 unspecified atom stereocenters. The fraction of sp³-hybridized carbons (Fsp3) is 0.350. The molecule has 0 saturated carbocycles. The molecule has 0 saturated heterocycles. The minimum atomic E-state index is -0.376. The Kier molecular flexibility index (Phi) is 10.8. The van der Waals surface area contributed by atoms with Crippen molar-refractivity contribution in [1.82, 2.24) is 15.5 Å². The maximum absolute atomic E-state index is 11.8. The van der Waals surface area contributed by atoms with Gasteiger partial charge in [-0.1, -0.05) is 12.1 Å². The molecule has 0 aliphatic rings. The molecule has 2 aromatic rings. The summed E-state index contributed by atoms with van der Waals surface area (Å²) in [5.41, 5.74) is 1.42. The molecule has 0 fully saturated rings. The third kappa shape index (κ3) is 8.55. The number of furan rings is 1. The van der Waals surface area contributed by atoms with Crippen LogP contribution in [0.1, 0.15) is 21.7 Å². The van der Waals surface area contributed by atoms with E-state index in [0.29, 0.717) is 31.0 Å². The number of aliphatic imine (C=N–C) groups is 1. The summed E-state index contributed by atoms with van der Waals surface area (Å²) in [6.45, 7) is 1.14. The number of methoxy groups -OCH3 is 1. The van der Waals surface area contributed by atoms with E-state index in [4.69, 9.17) is 9.15 Å². The van der Waals surface area contributed by atoms with Crippen LogP contribution in [0.3, 0.4) is 0 Å². The number of carbonyl (C=O) groups excluding carboxylic acids is 2. The van der Waals surface area contributed by atoms with Gasteiger partial charge in [0.15, 0.2) is 5.96 Å². The third-order valence-corrected chi connectivity index (χ3v) is 3.94. The van der Waals surface area contributed by atoms with Gasteiger partial charge < -0.3 is 24.7 Å². The van der Waals surface area contributed by atoms with Crippen molar-refractivity contribution in [3.05, 3.63) is 59.5 Å². The number of likely N-dealkylation sites (N-methyl/N-ethyl adjacent to an activating group) is 1. The number of amides is 1. The predicted octanol–water partition coefficient (Wildman–Crippen LogP) is 2.05. The Morgan fingerprint density at radius 3 is 2.45 bits per heavy atom. The first-order valence-corrected chi connectivity index (χ1v) is 8.91. The lowest BCUT2D eigenvalue weighted by molar-refractivity contribution is -0.127. The maximum atomic E-state index is 11.8. The highest BCUT2D eigenvalue weighted by molar-refractivity contribution is 14.0. The van der Waals surface area contributed by atoms with E-state index >= 15 is 0 Å². The fourth-order valence-electron chi connectivity index (χ4n) is 2.29. The number of nitrogens with one attached hydrogen (secondary N) is 2. The first-order valence-electron chi connectivity index (χ1n) is 8.91. The Bertz CT molecular complexity index is 789. The van der Waals surface area contributed by atoms with Crippen LogP contribution in [0.15, 0.2) is 52.1 Å². The highest BCUT2D eigenvalue weighted by Crippen LogP contribution is 2.07. The van der Waals surface area contributed by atoms with Crippen molar-refractivity contribution in [3.63, 3.8) is 0 Å². The van der Waals surface area contributed by atoms with Gasteiger partial charge in [-0.05, 0) is 29.8 Å². The van der Waals surface area contributed by atoms with Crippen molar-refractivity contribution < 1.29 is 18.7 Å². The average Bonchev–Trinajstić information content (AvgIpc) is 3.22. The van der Waals surface area contributed by atoms with Crippen LogP contribution in [0.5, 0.6) is 0 Å². The predicted molar refractivity (Wildman–Crippen MR) is 121 cm³/mol. The number of esters is 1. The summed E-state index contributed by atoms with van der Waals surface area (Å²) < 4.78 is 10.0. The molecule has 8 nitrogen and oxygen atoms in total. The minimum absolute atomic E-state index is 0. The van der Waals surface area contributed by atoms with Crippen molar-refractivity contribution in [1.29, 1.82) is 0 Å². The molecule has 29 heavy (non-hydrogen) atoms. The lowest BCUT2D eigenvalue weighted by Crippen LogP contribution is -2.43. The van der Waals surface area contributed by atoms with Gasteiger partial charge in [-0.3, -0.25) is 4.79 Å². The number of hydrogen-bond donors (Lipinski definition) is 2. The molecule has 1 amide bonds. The molecule has 0 bridgehead atoms. The van der Waals surface area contributed by atoms with Crippen molar-refractivity contribution >= 4 is 41.8 Å². The van der Waals surface area contributed by atoms with Crippen molar-refractivity contribution in [2.24, 2.45) is 4.99 Å². The number of rotatable bonds is 8. The Morgan fingerprint density at radius 1 is 1.14 bits per heavy atom. The number of ether oxygens (including phenoxy) is 1. The quantitative estimate of drug-likeness (QED) is 0.242. The molecule has 2 rings (SSSR count). The average molecular weight is 514 g/mol. The minimum Gasteiger partial charge on any atom is -0.469 e. The van der Waals surface area contributed by atoms with Gasteiger partial charge in [0.05, 0.1) is 32.0 Å². The Morgan fingerprint density at radius 2 is 1.86 bits per heavy atom. The van der Waals surface area contributed by atoms with Gasteiger partial charge in [-0.25, -0.2) is 9.79 Å². The molecule has 0 radical (unpaired) electrons. The summed E-state index contributed by atoms with van der Waals surface area (Å²) in [7, 11) is 4.75. The van der Waals surface area contributed by atoms with Crippen LogP contribution in [0, 0.1) is 0 Å². The van der Waals surface area contributed by atoms with Crippen LogP contribution in [0.25, 0.3) is 0 Å². The zero-order valence-corrected chi connectivity index (χ0v) is 19.1. The van der Waals surface area contributed by atoms with Gasteiger partial charge in [0.1, 0.15) is 5.76 Å². The van der Waals surface area contributed by atoms with E-state index in [-0.39, 0.29) is 42.4 Å². The van der Waals surface area contributed by atoms with E-state index in [1.54, 1.807) is 32.5 Å². The zero-order chi connectivity index (χ0) is 20.4. The number of guanidine groups is 1. The second-order valence-electron chi connectivity index (χ2n) is 6.25. The Balaban J connectivity index is 0.00000420. The molecular formula is C20H27IN4O4. The largest absolute Gasteiger partial charge is 0.469 e. The van der Waals surface area contributed by atoms with Crippen molar-refractivity contribution in [3.8, 4) is 0 Å². The molecule has 0 aliphatic carbocycles. The lowest BCUT2D eigenvalue weighted by atomic mass is 10.1. The number of nitrogens with zero attached hydrogens (tertiary/aromatic N) is 2. The van der Waals surface area contributed by atoms with Gasteiger partial charge in [0.2, 0.25) is 5.91 Å². The number of hydrogen-bond acceptors (Lipinski definition) is 5. The van der Waals surface area contributed by atoms with E-state index in [1.165, 1.54) is 12.0 Å². The molecule has 2 N–H and O–H groups in total. The summed E-state index contributed by atoms with van der Waals surface area (Å²) in [6, 6.07) is 10.8. The molecule has 0 aliphatic heterocycles. The number of benzene rings is 1. The second kappa shape index (κ2) is 12.8. The molecular weight excluding hydrogens is 487 g/mol. The topological polar surface area (TPSA) is 96.2 Å². The summed E-state index contributed by atoms with van der Waals surface area (Å²) >= 11 is 0. The SMILES string of the molecule is COC(=O)c1ccc(CN=C(NCCc2ccco2)NCC(=O)N(C)C)cc1.I. The second-order valence-corrected chi connectivity index (χ2v) is 6.25.